The Morgan fingerprint density at radius 2 is 1.87 bits per heavy atom. The second-order valence-corrected chi connectivity index (χ2v) is 7.39. The summed E-state index contributed by atoms with van der Waals surface area (Å²) in [6.45, 7) is 0.905. The fraction of sp³-hybridized carbons (Fsp3) is 0.292. The summed E-state index contributed by atoms with van der Waals surface area (Å²) in [5.41, 5.74) is 2.47. The van der Waals surface area contributed by atoms with Gasteiger partial charge in [0.1, 0.15) is 11.3 Å². The first kappa shape index (κ1) is 20.7. The van der Waals surface area contributed by atoms with Crippen LogP contribution in [0.4, 0.5) is 0 Å². The third kappa shape index (κ3) is 5.12. The standard InChI is InChI=1S/C24H24N2O5/c1-29-19-9-6-17(7-10-19)8-11-23(28)30-16-22(27)26-14-12-18(13-15-26)24-25-20-4-2-3-5-21(20)31-24/h2-11,18H,12-16H2,1H3/b11-8+. The molecule has 7 nitrogen and oxygen atoms in total. The number of fused-ring (bicyclic) bond motifs is 1. The zero-order chi connectivity index (χ0) is 21.6. The monoisotopic (exact) mass is 420 g/mol. The van der Waals surface area contributed by atoms with E-state index in [0.717, 1.165) is 41.1 Å². The first-order chi connectivity index (χ1) is 15.1. The van der Waals surface area contributed by atoms with Gasteiger partial charge in [0.15, 0.2) is 18.1 Å². The van der Waals surface area contributed by atoms with Crippen molar-refractivity contribution >= 4 is 29.1 Å². The van der Waals surface area contributed by atoms with Crippen LogP contribution in [-0.4, -0.2) is 48.6 Å². The first-order valence-corrected chi connectivity index (χ1v) is 10.2. The first-order valence-electron chi connectivity index (χ1n) is 10.2. The summed E-state index contributed by atoms with van der Waals surface area (Å²) in [7, 11) is 1.59. The number of benzene rings is 2. The van der Waals surface area contributed by atoms with Crippen molar-refractivity contribution in [1.82, 2.24) is 9.88 Å². The van der Waals surface area contributed by atoms with Gasteiger partial charge in [0, 0.05) is 25.1 Å². The summed E-state index contributed by atoms with van der Waals surface area (Å²) in [6.07, 6.45) is 4.49. The summed E-state index contributed by atoms with van der Waals surface area (Å²) >= 11 is 0. The smallest absolute Gasteiger partial charge is 0.331 e. The third-order valence-corrected chi connectivity index (χ3v) is 5.37. The average Bonchev–Trinajstić information content (AvgIpc) is 3.26. The lowest BCUT2D eigenvalue weighted by molar-refractivity contribution is -0.148. The molecular formula is C24H24N2O5. The zero-order valence-electron chi connectivity index (χ0n) is 17.3. The van der Waals surface area contributed by atoms with E-state index in [9.17, 15) is 9.59 Å². The van der Waals surface area contributed by atoms with Crippen molar-refractivity contribution in [3.05, 3.63) is 66.1 Å². The summed E-state index contributed by atoms with van der Waals surface area (Å²) in [5, 5.41) is 0. The van der Waals surface area contributed by atoms with Crippen LogP contribution in [0.25, 0.3) is 17.2 Å². The van der Waals surface area contributed by atoms with Gasteiger partial charge in [0.25, 0.3) is 5.91 Å². The number of methoxy groups -OCH3 is 1. The number of rotatable bonds is 6. The second-order valence-electron chi connectivity index (χ2n) is 7.39. The number of ether oxygens (including phenoxy) is 2. The molecule has 1 fully saturated rings. The highest BCUT2D eigenvalue weighted by Crippen LogP contribution is 2.29. The topological polar surface area (TPSA) is 81.9 Å². The Morgan fingerprint density at radius 3 is 2.58 bits per heavy atom. The van der Waals surface area contributed by atoms with Gasteiger partial charge in [0.2, 0.25) is 0 Å². The number of aromatic nitrogens is 1. The summed E-state index contributed by atoms with van der Waals surface area (Å²) < 4.78 is 16.1. The Hall–Kier alpha value is -3.61. The van der Waals surface area contributed by atoms with Gasteiger partial charge in [-0.3, -0.25) is 4.79 Å². The summed E-state index contributed by atoms with van der Waals surface area (Å²) in [5.74, 6) is 0.910. The van der Waals surface area contributed by atoms with Gasteiger partial charge in [-0.2, -0.15) is 0 Å². The molecule has 0 unspecified atom stereocenters. The van der Waals surface area contributed by atoms with Gasteiger partial charge in [0.05, 0.1) is 7.11 Å². The van der Waals surface area contributed by atoms with Crippen LogP contribution in [0.1, 0.15) is 30.2 Å². The molecule has 2 aromatic carbocycles. The van der Waals surface area contributed by atoms with Crippen molar-refractivity contribution in [3.8, 4) is 5.75 Å². The predicted molar refractivity (Wildman–Crippen MR) is 116 cm³/mol. The van der Waals surface area contributed by atoms with Crippen molar-refractivity contribution in [2.75, 3.05) is 26.8 Å². The number of para-hydroxylation sites is 2. The maximum absolute atomic E-state index is 12.4. The molecule has 0 atom stereocenters. The molecule has 7 heteroatoms. The summed E-state index contributed by atoms with van der Waals surface area (Å²) in [4.78, 5) is 30.6. The highest BCUT2D eigenvalue weighted by atomic mass is 16.5. The van der Waals surface area contributed by atoms with Gasteiger partial charge < -0.3 is 18.8 Å². The Labute approximate surface area is 180 Å². The molecular weight excluding hydrogens is 396 g/mol. The molecule has 0 saturated carbocycles. The fourth-order valence-electron chi connectivity index (χ4n) is 3.59. The van der Waals surface area contributed by atoms with Gasteiger partial charge in [-0.1, -0.05) is 24.3 Å². The number of hydrogen-bond donors (Lipinski definition) is 0. The maximum Gasteiger partial charge on any atom is 0.331 e. The number of likely N-dealkylation sites (tertiary alicyclic amines) is 1. The van der Waals surface area contributed by atoms with Crippen molar-refractivity contribution in [2.45, 2.75) is 18.8 Å². The highest BCUT2D eigenvalue weighted by molar-refractivity contribution is 5.89. The summed E-state index contributed by atoms with van der Waals surface area (Å²) in [6, 6.07) is 15.0. The molecule has 160 valence electrons. The number of esters is 1. The third-order valence-electron chi connectivity index (χ3n) is 5.37. The molecule has 31 heavy (non-hydrogen) atoms. The molecule has 3 aromatic rings. The molecule has 0 bridgehead atoms. The van der Waals surface area contributed by atoms with Crippen LogP contribution in [-0.2, 0) is 14.3 Å². The average molecular weight is 420 g/mol. The minimum Gasteiger partial charge on any atom is -0.497 e. The minimum absolute atomic E-state index is 0.187. The largest absolute Gasteiger partial charge is 0.497 e. The molecule has 1 aromatic heterocycles. The Morgan fingerprint density at radius 1 is 1.13 bits per heavy atom. The molecule has 0 spiro atoms. The predicted octanol–water partition coefficient (Wildman–Crippen LogP) is 3.80. The van der Waals surface area contributed by atoms with Gasteiger partial charge in [-0.15, -0.1) is 0 Å². The Kier molecular flexibility index (Phi) is 6.31. The molecule has 4 rings (SSSR count). The van der Waals surface area contributed by atoms with E-state index in [1.165, 1.54) is 6.08 Å². The number of oxazole rings is 1. The van der Waals surface area contributed by atoms with Crippen molar-refractivity contribution in [1.29, 1.82) is 0 Å². The van der Waals surface area contributed by atoms with E-state index < -0.39 is 5.97 Å². The SMILES string of the molecule is COc1ccc(/C=C/C(=O)OCC(=O)N2CCC(c3nc4ccccc4o3)CC2)cc1. The fourth-order valence-corrected chi connectivity index (χ4v) is 3.59. The van der Waals surface area contributed by atoms with Crippen molar-refractivity contribution < 1.29 is 23.5 Å². The number of hydrogen-bond acceptors (Lipinski definition) is 6. The number of amides is 1. The quantitative estimate of drug-likeness (QED) is 0.446. The van der Waals surface area contributed by atoms with Gasteiger partial charge >= 0.3 is 5.97 Å². The van der Waals surface area contributed by atoms with E-state index in [0.29, 0.717) is 13.1 Å². The van der Waals surface area contributed by atoms with Crippen LogP contribution in [0, 0.1) is 0 Å². The minimum atomic E-state index is -0.550. The highest BCUT2D eigenvalue weighted by Gasteiger charge is 2.27. The Balaban J connectivity index is 1.23. The zero-order valence-corrected chi connectivity index (χ0v) is 17.3. The van der Waals surface area contributed by atoms with Gasteiger partial charge in [-0.25, -0.2) is 9.78 Å². The number of carbonyl (C=O) groups is 2. The van der Waals surface area contributed by atoms with E-state index in [4.69, 9.17) is 13.9 Å². The van der Waals surface area contributed by atoms with E-state index in [1.54, 1.807) is 30.2 Å². The van der Waals surface area contributed by atoms with Crippen molar-refractivity contribution in [3.63, 3.8) is 0 Å². The lowest BCUT2D eigenvalue weighted by Gasteiger charge is -2.30. The molecule has 0 aliphatic carbocycles. The van der Waals surface area contributed by atoms with Crippen LogP contribution in [0.2, 0.25) is 0 Å². The lowest BCUT2D eigenvalue weighted by Crippen LogP contribution is -2.40. The Bertz CT molecular complexity index is 1050. The van der Waals surface area contributed by atoms with E-state index in [2.05, 4.69) is 4.98 Å². The van der Waals surface area contributed by atoms with Crippen LogP contribution in [0.15, 0.2) is 59.0 Å². The van der Waals surface area contributed by atoms with Crippen LogP contribution in [0.5, 0.6) is 5.75 Å². The molecule has 1 aliphatic heterocycles. The number of piperidine rings is 1. The number of nitrogens with zero attached hydrogens (tertiary/aromatic N) is 2. The molecule has 1 saturated heterocycles. The second kappa shape index (κ2) is 9.47. The maximum atomic E-state index is 12.4. The van der Waals surface area contributed by atoms with Crippen molar-refractivity contribution in [2.24, 2.45) is 0 Å². The molecule has 0 N–H and O–H groups in total. The molecule has 1 amide bonds. The lowest BCUT2D eigenvalue weighted by atomic mass is 9.97. The molecule has 0 radical (unpaired) electrons. The van der Waals surface area contributed by atoms with Crippen LogP contribution in [0.3, 0.4) is 0 Å². The molecule has 1 aliphatic rings. The molecule has 2 heterocycles. The van der Waals surface area contributed by atoms with E-state index >= 15 is 0 Å². The van der Waals surface area contributed by atoms with Crippen LogP contribution < -0.4 is 4.74 Å². The van der Waals surface area contributed by atoms with Gasteiger partial charge in [-0.05, 0) is 48.7 Å². The normalized spacial score (nSPS) is 14.8. The van der Waals surface area contributed by atoms with E-state index in [1.807, 2.05) is 36.4 Å². The van der Waals surface area contributed by atoms with Crippen LogP contribution >= 0.6 is 0 Å². The number of carbonyl (C=O) groups excluding carboxylic acids is 2. The van der Waals surface area contributed by atoms with E-state index in [-0.39, 0.29) is 18.4 Å².